The topological polar surface area (TPSA) is 3.24 Å². The number of hydrogen-bond acceptors (Lipinski definition) is 1. The fourth-order valence-electron chi connectivity index (χ4n) is 1.37. The van der Waals surface area contributed by atoms with Gasteiger partial charge in [-0.1, -0.05) is 41.5 Å². The van der Waals surface area contributed by atoms with Gasteiger partial charge in [-0.15, -0.1) is 0 Å². The number of nitrogens with zero attached hydrogens (tertiary/aromatic N) is 1. The van der Waals surface area contributed by atoms with Gasteiger partial charge in [0.15, 0.2) is 0 Å². The highest BCUT2D eigenvalue weighted by molar-refractivity contribution is 4.76. The van der Waals surface area contributed by atoms with E-state index < -0.39 is 6.17 Å². The van der Waals surface area contributed by atoms with Gasteiger partial charge in [-0.2, -0.15) is 0 Å². The maximum atomic E-state index is 13.0. The molecule has 88 valence electrons. The lowest BCUT2D eigenvalue weighted by molar-refractivity contribution is 0.0975. The zero-order chi connectivity index (χ0) is 11.6. The van der Waals surface area contributed by atoms with Crippen LogP contribution in [0.4, 0.5) is 4.39 Å². The Hall–Kier alpha value is -0.110. The van der Waals surface area contributed by atoms with Crippen molar-refractivity contribution in [1.82, 2.24) is 4.90 Å². The van der Waals surface area contributed by atoms with E-state index in [0.29, 0.717) is 6.54 Å². The molecule has 1 fully saturated rings. The maximum Gasteiger partial charge on any atom is 0.115 e. The minimum Gasteiger partial charge on any atom is -0.301 e. The van der Waals surface area contributed by atoms with Crippen molar-refractivity contribution in [3.8, 4) is 0 Å². The Morgan fingerprint density at radius 1 is 1.21 bits per heavy atom. The van der Waals surface area contributed by atoms with E-state index in [9.17, 15) is 4.39 Å². The second-order valence-electron chi connectivity index (χ2n) is 3.18. The Morgan fingerprint density at radius 3 is 2.07 bits per heavy atom. The van der Waals surface area contributed by atoms with Crippen molar-refractivity contribution < 1.29 is 4.39 Å². The minimum absolute atomic E-state index is 0.280. The molecule has 14 heavy (non-hydrogen) atoms. The molecule has 0 amide bonds. The summed E-state index contributed by atoms with van der Waals surface area (Å²) in [5.41, 5.74) is 0. The van der Waals surface area contributed by atoms with Crippen LogP contribution >= 0.6 is 0 Å². The summed E-state index contributed by atoms with van der Waals surface area (Å²) in [5.74, 6) is 0.280. The molecule has 0 aromatic rings. The molecule has 0 radical (unpaired) electrons. The van der Waals surface area contributed by atoms with Gasteiger partial charge in [0.1, 0.15) is 6.17 Å². The Balaban J connectivity index is 0. The van der Waals surface area contributed by atoms with Crippen LogP contribution in [0.1, 0.15) is 48.0 Å². The van der Waals surface area contributed by atoms with Crippen molar-refractivity contribution in [2.24, 2.45) is 5.92 Å². The normalized spacial score (nSPS) is 26.8. The van der Waals surface area contributed by atoms with E-state index in [4.69, 9.17) is 0 Å². The van der Waals surface area contributed by atoms with E-state index in [1.807, 2.05) is 34.6 Å². The van der Waals surface area contributed by atoms with Gasteiger partial charge in [0, 0.05) is 6.54 Å². The first-order valence-corrected chi connectivity index (χ1v) is 6.10. The van der Waals surface area contributed by atoms with Crippen LogP contribution in [0.3, 0.4) is 0 Å². The summed E-state index contributed by atoms with van der Waals surface area (Å²) in [7, 11) is 0. The van der Waals surface area contributed by atoms with Crippen LogP contribution in [0.2, 0.25) is 0 Å². The molecule has 0 bridgehead atoms. The van der Waals surface area contributed by atoms with E-state index in [0.717, 1.165) is 19.5 Å². The first kappa shape index (κ1) is 16.3. The quantitative estimate of drug-likeness (QED) is 0.630. The van der Waals surface area contributed by atoms with Crippen LogP contribution in [0.25, 0.3) is 0 Å². The third-order valence-corrected chi connectivity index (χ3v) is 2.40. The Morgan fingerprint density at radius 2 is 1.71 bits per heavy atom. The largest absolute Gasteiger partial charge is 0.301 e. The summed E-state index contributed by atoms with van der Waals surface area (Å²) in [5, 5.41) is 0. The highest BCUT2D eigenvalue weighted by Gasteiger charge is 2.24. The molecule has 0 spiro atoms. The van der Waals surface area contributed by atoms with Crippen LogP contribution in [0, 0.1) is 5.92 Å². The molecule has 1 aliphatic rings. The van der Waals surface area contributed by atoms with Crippen molar-refractivity contribution in [3.05, 3.63) is 0 Å². The summed E-state index contributed by atoms with van der Waals surface area (Å²) in [6, 6.07) is 0. The van der Waals surface area contributed by atoms with Crippen LogP contribution in [-0.2, 0) is 0 Å². The van der Waals surface area contributed by atoms with Crippen LogP contribution in [-0.4, -0.2) is 30.7 Å². The first-order chi connectivity index (χ1) is 6.74. The van der Waals surface area contributed by atoms with E-state index in [1.165, 1.54) is 0 Å². The lowest BCUT2D eigenvalue weighted by atomic mass is 9.97. The van der Waals surface area contributed by atoms with Gasteiger partial charge in [-0.25, -0.2) is 4.39 Å². The smallest absolute Gasteiger partial charge is 0.115 e. The summed E-state index contributed by atoms with van der Waals surface area (Å²) in [6.45, 7) is 14.8. The number of halogens is 1. The third kappa shape index (κ3) is 6.36. The summed E-state index contributed by atoms with van der Waals surface area (Å²) >= 11 is 0. The van der Waals surface area contributed by atoms with Gasteiger partial charge in [0.25, 0.3) is 0 Å². The van der Waals surface area contributed by atoms with Gasteiger partial charge < -0.3 is 4.90 Å². The fourth-order valence-corrected chi connectivity index (χ4v) is 1.37. The molecule has 1 aliphatic heterocycles. The van der Waals surface area contributed by atoms with Crippen molar-refractivity contribution in [3.63, 3.8) is 0 Å². The molecule has 1 heterocycles. The van der Waals surface area contributed by atoms with E-state index in [-0.39, 0.29) is 5.92 Å². The Kier molecular flexibility index (Phi) is 12.8. The monoisotopic (exact) mass is 205 g/mol. The minimum atomic E-state index is -0.589. The highest BCUT2D eigenvalue weighted by atomic mass is 19.1. The molecule has 0 saturated carbocycles. The predicted molar refractivity (Wildman–Crippen MR) is 63.5 cm³/mol. The average molecular weight is 205 g/mol. The average Bonchev–Trinajstić information content (AvgIpc) is 2.28. The van der Waals surface area contributed by atoms with Gasteiger partial charge in [-0.05, 0) is 25.4 Å². The molecule has 2 heteroatoms. The van der Waals surface area contributed by atoms with E-state index in [1.54, 1.807) is 0 Å². The van der Waals surface area contributed by atoms with Crippen molar-refractivity contribution in [1.29, 1.82) is 0 Å². The molecule has 0 aromatic carbocycles. The Labute approximate surface area is 89.7 Å². The molecular formula is C12H28FN. The van der Waals surface area contributed by atoms with Crippen LogP contribution in [0.15, 0.2) is 0 Å². The van der Waals surface area contributed by atoms with Gasteiger partial charge >= 0.3 is 0 Å². The molecule has 1 rings (SSSR count). The molecule has 0 aliphatic carbocycles. The fraction of sp³-hybridized carbons (Fsp3) is 1.00. The second-order valence-corrected chi connectivity index (χ2v) is 3.18. The highest BCUT2D eigenvalue weighted by Crippen LogP contribution is 2.18. The number of likely N-dealkylation sites (tertiary alicyclic amines) is 1. The molecular weight excluding hydrogens is 177 g/mol. The van der Waals surface area contributed by atoms with Gasteiger partial charge in [0.05, 0.1) is 0 Å². The summed E-state index contributed by atoms with van der Waals surface area (Å²) < 4.78 is 13.0. The van der Waals surface area contributed by atoms with Crippen molar-refractivity contribution in [2.75, 3.05) is 19.6 Å². The van der Waals surface area contributed by atoms with Crippen molar-refractivity contribution in [2.45, 2.75) is 54.1 Å². The van der Waals surface area contributed by atoms with Gasteiger partial charge in [-0.3, -0.25) is 0 Å². The van der Waals surface area contributed by atoms with E-state index >= 15 is 0 Å². The number of hydrogen-bond donors (Lipinski definition) is 0. The first-order valence-electron chi connectivity index (χ1n) is 6.10. The number of alkyl halides is 1. The van der Waals surface area contributed by atoms with Crippen LogP contribution in [0.5, 0.6) is 0 Å². The zero-order valence-corrected chi connectivity index (χ0v) is 10.8. The molecule has 1 saturated heterocycles. The van der Waals surface area contributed by atoms with Gasteiger partial charge in [0.2, 0.25) is 0 Å². The molecule has 0 aromatic heterocycles. The molecule has 2 atom stereocenters. The molecule has 1 nitrogen and oxygen atoms in total. The zero-order valence-electron chi connectivity index (χ0n) is 10.8. The van der Waals surface area contributed by atoms with E-state index in [2.05, 4.69) is 11.8 Å². The van der Waals surface area contributed by atoms with Crippen LogP contribution < -0.4 is 0 Å². The third-order valence-electron chi connectivity index (χ3n) is 2.40. The SMILES string of the molecule is CC.CC.CCN1CCC(C)C(F)C1. The number of piperidine rings is 1. The Bertz CT molecular complexity index is 106. The second kappa shape index (κ2) is 11.0. The predicted octanol–water partition coefficient (Wildman–Crippen LogP) is 3.74. The lowest BCUT2D eigenvalue weighted by Crippen LogP contribution is -2.40. The molecule has 2 unspecified atom stereocenters. The number of rotatable bonds is 1. The lowest BCUT2D eigenvalue weighted by Gasteiger charge is -2.31. The summed E-state index contributed by atoms with van der Waals surface area (Å²) in [6.07, 6.45) is 0.434. The summed E-state index contributed by atoms with van der Waals surface area (Å²) in [4.78, 5) is 2.17. The molecule has 0 N–H and O–H groups in total. The maximum absolute atomic E-state index is 13.0. The standard InChI is InChI=1S/C8H16FN.2C2H6/c1-3-10-5-4-7(2)8(9)6-10;2*1-2/h7-8H,3-6H2,1-2H3;2*1-2H3. The van der Waals surface area contributed by atoms with Crippen molar-refractivity contribution >= 4 is 0 Å².